The van der Waals surface area contributed by atoms with Crippen molar-refractivity contribution in [3.63, 3.8) is 0 Å². The van der Waals surface area contributed by atoms with E-state index >= 15 is 0 Å². The molecular weight excluding hydrogens is 268 g/mol. The second-order valence-electron chi connectivity index (χ2n) is 3.71. The summed E-state index contributed by atoms with van der Waals surface area (Å²) in [7, 11) is 0. The van der Waals surface area contributed by atoms with E-state index in [4.69, 9.17) is 22.1 Å². The van der Waals surface area contributed by atoms with Gasteiger partial charge in [-0.15, -0.1) is 0 Å². The maximum Gasteiger partial charge on any atom is 0.181 e. The Morgan fingerprint density at radius 1 is 1.17 bits per heavy atom. The van der Waals surface area contributed by atoms with Gasteiger partial charge in [-0.1, -0.05) is 35.1 Å². The molecule has 0 aliphatic heterocycles. The number of benzene rings is 2. The van der Waals surface area contributed by atoms with Gasteiger partial charge in [0.2, 0.25) is 0 Å². The first kappa shape index (κ1) is 11.3. The average molecular weight is 277 g/mol. The first-order valence-corrected chi connectivity index (χ1v) is 6.50. The molecule has 0 bridgehead atoms. The summed E-state index contributed by atoms with van der Waals surface area (Å²) >= 11 is 7.48. The Bertz CT molecular complexity index is 711. The third-order valence-corrected chi connectivity index (χ3v) is 3.60. The Morgan fingerprint density at radius 2 is 2.00 bits per heavy atom. The van der Waals surface area contributed by atoms with Crippen LogP contribution in [-0.2, 0) is 0 Å². The summed E-state index contributed by atoms with van der Waals surface area (Å²) in [5.41, 5.74) is 6.54. The molecule has 3 aromatic rings. The van der Waals surface area contributed by atoms with Crippen LogP contribution in [0.2, 0.25) is 5.02 Å². The first-order chi connectivity index (χ1) is 8.72. The van der Waals surface area contributed by atoms with Crippen LogP contribution < -0.4 is 10.5 Å². The zero-order valence-corrected chi connectivity index (χ0v) is 10.8. The van der Waals surface area contributed by atoms with Gasteiger partial charge in [-0.3, -0.25) is 0 Å². The molecule has 0 spiro atoms. The van der Waals surface area contributed by atoms with Crippen LogP contribution >= 0.6 is 22.9 Å². The van der Waals surface area contributed by atoms with Gasteiger partial charge in [0.25, 0.3) is 0 Å². The third-order valence-electron chi connectivity index (χ3n) is 2.44. The van der Waals surface area contributed by atoms with Gasteiger partial charge in [0.05, 0.1) is 15.2 Å². The van der Waals surface area contributed by atoms with Gasteiger partial charge in [-0.25, -0.2) is 4.98 Å². The molecule has 0 aliphatic rings. The second kappa shape index (κ2) is 4.48. The molecule has 0 fully saturated rings. The number of rotatable bonds is 2. The highest BCUT2D eigenvalue weighted by molar-refractivity contribution is 7.22. The average Bonchev–Trinajstić information content (AvgIpc) is 2.71. The molecule has 1 aromatic heterocycles. The van der Waals surface area contributed by atoms with Gasteiger partial charge >= 0.3 is 0 Å². The Hall–Kier alpha value is -1.78. The van der Waals surface area contributed by atoms with Crippen molar-refractivity contribution in [2.45, 2.75) is 0 Å². The largest absolute Gasteiger partial charge is 0.456 e. The van der Waals surface area contributed by atoms with E-state index in [9.17, 15) is 0 Å². The van der Waals surface area contributed by atoms with Crippen molar-refractivity contribution in [2.75, 3.05) is 5.73 Å². The van der Waals surface area contributed by atoms with Gasteiger partial charge in [0, 0.05) is 6.07 Å². The fourth-order valence-corrected chi connectivity index (χ4v) is 2.58. The highest BCUT2D eigenvalue weighted by Gasteiger charge is 2.05. The lowest BCUT2D eigenvalue weighted by molar-refractivity contribution is 0.484. The number of nitrogens with zero attached hydrogens (tertiary/aromatic N) is 1. The molecule has 0 radical (unpaired) electrons. The van der Waals surface area contributed by atoms with Crippen LogP contribution in [-0.4, -0.2) is 4.98 Å². The molecule has 0 amide bonds. The van der Waals surface area contributed by atoms with Crippen LogP contribution in [0.25, 0.3) is 10.2 Å². The minimum Gasteiger partial charge on any atom is -0.456 e. The van der Waals surface area contributed by atoms with Gasteiger partial charge in [0.1, 0.15) is 11.5 Å². The molecule has 1 heterocycles. The second-order valence-corrected chi connectivity index (χ2v) is 5.18. The van der Waals surface area contributed by atoms with Gasteiger partial charge in [-0.05, 0) is 24.3 Å². The van der Waals surface area contributed by atoms with Crippen molar-refractivity contribution in [1.82, 2.24) is 4.98 Å². The van der Waals surface area contributed by atoms with Crippen LogP contribution in [0.15, 0.2) is 42.5 Å². The molecule has 5 heteroatoms. The molecule has 0 saturated heterocycles. The number of aromatic nitrogens is 1. The predicted molar refractivity (Wildman–Crippen MR) is 75.6 cm³/mol. The maximum absolute atomic E-state index is 6.04. The normalized spacial score (nSPS) is 10.7. The number of nitrogens with two attached hydrogens (primary N) is 1. The number of hydrogen-bond donors (Lipinski definition) is 1. The van der Waals surface area contributed by atoms with E-state index in [2.05, 4.69) is 4.98 Å². The number of para-hydroxylation sites is 1. The van der Waals surface area contributed by atoms with Gasteiger partial charge in [-0.2, -0.15) is 0 Å². The molecule has 3 nitrogen and oxygen atoms in total. The van der Waals surface area contributed by atoms with E-state index in [1.807, 2.05) is 36.4 Å². The number of hydrogen-bond acceptors (Lipinski definition) is 4. The van der Waals surface area contributed by atoms with E-state index < -0.39 is 0 Å². The fourth-order valence-electron chi connectivity index (χ4n) is 1.64. The van der Waals surface area contributed by atoms with E-state index in [0.29, 0.717) is 15.9 Å². The van der Waals surface area contributed by atoms with E-state index in [1.54, 1.807) is 6.07 Å². The van der Waals surface area contributed by atoms with Gasteiger partial charge in [0.15, 0.2) is 5.13 Å². The Balaban J connectivity index is 1.97. The highest BCUT2D eigenvalue weighted by atomic mass is 35.5. The summed E-state index contributed by atoms with van der Waals surface area (Å²) in [4.78, 5) is 4.19. The van der Waals surface area contributed by atoms with Crippen molar-refractivity contribution in [3.8, 4) is 11.5 Å². The molecule has 0 unspecified atom stereocenters. The lowest BCUT2D eigenvalue weighted by Crippen LogP contribution is -1.84. The summed E-state index contributed by atoms with van der Waals surface area (Å²) < 4.78 is 6.73. The topological polar surface area (TPSA) is 48.1 Å². The molecule has 3 rings (SSSR count). The van der Waals surface area contributed by atoms with Crippen molar-refractivity contribution in [2.24, 2.45) is 0 Å². The Morgan fingerprint density at radius 3 is 2.83 bits per heavy atom. The Kier molecular flexibility index (Phi) is 2.81. The highest BCUT2D eigenvalue weighted by Crippen LogP contribution is 2.32. The monoisotopic (exact) mass is 276 g/mol. The van der Waals surface area contributed by atoms with Crippen LogP contribution in [0.5, 0.6) is 11.5 Å². The van der Waals surface area contributed by atoms with Crippen LogP contribution in [0, 0.1) is 0 Å². The minimum atomic E-state index is 0.555. The van der Waals surface area contributed by atoms with Crippen molar-refractivity contribution < 1.29 is 4.74 Å². The standard InChI is InChI=1S/C13H9ClN2OS/c14-9-3-1-2-4-11(9)17-8-5-6-10-12(7-8)18-13(15)16-10/h1-7H,(H2,15,16). The minimum absolute atomic E-state index is 0.555. The van der Waals surface area contributed by atoms with E-state index in [-0.39, 0.29) is 0 Å². The number of thiazole rings is 1. The first-order valence-electron chi connectivity index (χ1n) is 5.31. The molecule has 0 aliphatic carbocycles. The number of halogens is 1. The van der Waals surface area contributed by atoms with Crippen LogP contribution in [0.4, 0.5) is 5.13 Å². The molecule has 2 aromatic carbocycles. The number of ether oxygens (including phenoxy) is 1. The maximum atomic E-state index is 6.04. The van der Waals surface area contributed by atoms with Crippen molar-refractivity contribution in [3.05, 3.63) is 47.5 Å². The zero-order chi connectivity index (χ0) is 12.5. The molecule has 18 heavy (non-hydrogen) atoms. The molecule has 2 N–H and O–H groups in total. The number of fused-ring (bicyclic) bond motifs is 1. The molecule has 0 saturated carbocycles. The molecular formula is C13H9ClN2OS. The fraction of sp³-hybridized carbons (Fsp3) is 0. The summed E-state index contributed by atoms with van der Waals surface area (Å²) in [6.07, 6.45) is 0. The summed E-state index contributed by atoms with van der Waals surface area (Å²) in [5.74, 6) is 1.36. The van der Waals surface area contributed by atoms with Crippen molar-refractivity contribution >= 4 is 38.3 Å². The molecule has 0 atom stereocenters. The Labute approximate surface area is 113 Å². The van der Waals surface area contributed by atoms with E-state index in [1.165, 1.54) is 11.3 Å². The lowest BCUT2D eigenvalue weighted by Gasteiger charge is -2.06. The summed E-state index contributed by atoms with van der Waals surface area (Å²) in [5, 5.41) is 1.14. The number of anilines is 1. The zero-order valence-electron chi connectivity index (χ0n) is 9.26. The smallest absolute Gasteiger partial charge is 0.181 e. The SMILES string of the molecule is Nc1nc2ccc(Oc3ccccc3Cl)cc2s1. The predicted octanol–water partition coefficient (Wildman–Crippen LogP) is 4.32. The summed E-state index contributed by atoms with van der Waals surface area (Å²) in [6, 6.07) is 13.0. The molecule has 90 valence electrons. The van der Waals surface area contributed by atoms with Gasteiger partial charge < -0.3 is 10.5 Å². The van der Waals surface area contributed by atoms with E-state index in [0.717, 1.165) is 16.0 Å². The van der Waals surface area contributed by atoms with Crippen LogP contribution in [0.1, 0.15) is 0 Å². The third kappa shape index (κ3) is 2.12. The summed E-state index contributed by atoms with van der Waals surface area (Å²) in [6.45, 7) is 0. The van der Waals surface area contributed by atoms with Crippen molar-refractivity contribution in [1.29, 1.82) is 0 Å². The van der Waals surface area contributed by atoms with Crippen LogP contribution in [0.3, 0.4) is 0 Å². The number of nitrogen functional groups attached to an aromatic ring is 1. The lowest BCUT2D eigenvalue weighted by atomic mass is 10.3. The quantitative estimate of drug-likeness (QED) is 0.758.